The number of piperidine rings is 1. The van der Waals surface area contributed by atoms with E-state index >= 15 is 0 Å². The second kappa shape index (κ2) is 29.9. The molecule has 9 aromatic heterocycles. The van der Waals surface area contributed by atoms with E-state index in [0.29, 0.717) is 48.5 Å². The summed E-state index contributed by atoms with van der Waals surface area (Å²) in [7, 11) is 13.2. The van der Waals surface area contributed by atoms with Crippen molar-refractivity contribution in [2.45, 2.75) is 87.9 Å². The van der Waals surface area contributed by atoms with Gasteiger partial charge in [0.1, 0.15) is 29.7 Å². The number of hydrogen-bond acceptors (Lipinski definition) is 19. The number of halogens is 1. The van der Waals surface area contributed by atoms with Crippen LogP contribution in [0.5, 0.6) is 0 Å². The number of nitrogens with one attached hydrogen (secondary N) is 3. The van der Waals surface area contributed by atoms with Crippen LogP contribution in [-0.2, 0) is 47.1 Å². The van der Waals surface area contributed by atoms with Crippen LogP contribution in [0.15, 0.2) is 166 Å². The number of likely N-dealkylation sites (N-methyl/N-ethyl adjacent to an activating group) is 1. The van der Waals surface area contributed by atoms with Gasteiger partial charge in [-0.2, -0.15) is 30.6 Å². The Morgan fingerprint density at radius 1 is 0.460 bits per heavy atom. The molecule has 1 aliphatic heterocycles. The first-order valence-corrected chi connectivity index (χ1v) is 33.5. The first-order valence-electron chi connectivity index (χ1n) is 33.5. The maximum atomic E-state index is 13.9. The molecule has 100 heavy (non-hydrogen) atoms. The molecule has 12 aromatic rings. The van der Waals surface area contributed by atoms with Gasteiger partial charge in [0, 0.05) is 190 Å². The minimum Gasteiger partial charge on any atom is -0.481 e. The summed E-state index contributed by atoms with van der Waals surface area (Å²) in [6, 6.07) is 24.4. The topological polar surface area (TPSA) is 301 Å². The van der Waals surface area contributed by atoms with Gasteiger partial charge >= 0.3 is 5.97 Å². The number of aromatic nitrogens is 18. The van der Waals surface area contributed by atoms with Crippen molar-refractivity contribution in [3.8, 4) is 101 Å². The van der Waals surface area contributed by atoms with E-state index in [4.69, 9.17) is 19.9 Å². The molecule has 6 N–H and O–H groups in total. The van der Waals surface area contributed by atoms with Gasteiger partial charge in [-0.05, 0) is 93.3 Å². The molecule has 26 nitrogen and oxygen atoms in total. The fourth-order valence-electron chi connectivity index (χ4n) is 13.1. The second-order valence-electron chi connectivity index (χ2n) is 25.9. The largest absolute Gasteiger partial charge is 0.481 e. The van der Waals surface area contributed by atoms with Gasteiger partial charge in [0.25, 0.3) is 0 Å². The van der Waals surface area contributed by atoms with Crippen molar-refractivity contribution in [2.75, 3.05) is 35.7 Å². The Morgan fingerprint density at radius 2 is 0.850 bits per heavy atom. The number of benzene rings is 3. The summed E-state index contributed by atoms with van der Waals surface area (Å²) >= 11 is 0. The highest BCUT2D eigenvalue weighted by Crippen LogP contribution is 2.37. The minimum absolute atomic E-state index is 0.0607. The molecule has 3 fully saturated rings. The summed E-state index contributed by atoms with van der Waals surface area (Å²) in [5.74, 6) is 2.96. The highest BCUT2D eigenvalue weighted by atomic mass is 19.1. The molecule has 2 aliphatic carbocycles. The lowest BCUT2D eigenvalue weighted by Gasteiger charge is -2.35. The van der Waals surface area contributed by atoms with E-state index in [1.54, 1.807) is 52.9 Å². The van der Waals surface area contributed by atoms with Gasteiger partial charge in [0.15, 0.2) is 17.5 Å². The lowest BCUT2D eigenvalue weighted by atomic mass is 9.86. The van der Waals surface area contributed by atoms with Crippen LogP contribution in [0.1, 0.15) is 51.4 Å². The minimum atomic E-state index is -1.22. The molecule has 3 aromatic carbocycles. The summed E-state index contributed by atoms with van der Waals surface area (Å²) in [5.41, 5.74) is 14.2. The van der Waals surface area contributed by atoms with Gasteiger partial charge in [-0.25, -0.2) is 34.3 Å². The average molecular weight is 1350 g/mol. The molecule has 3 aliphatic rings. The number of carboxylic acid groups (broad SMARTS) is 1. The normalized spacial score (nSPS) is 19.1. The SMILES string of the molecule is CN[C@H]1CCC[C@H](Nc2nc(-c3cccc(-c4cnn(C)c4)c3)ncc2-c2cnn(C)c2)[C@@H]1O.Cn1cc(-c2cccc(-c3ncc(-c4cnn(C)c4)c(N4CC[C@H](F)[C@@H](O)C4)n3)c2)cn1.Cn1cc(-c2cccc(-c3ncc(-c4cnn(C)c4)c(NC4CCC(C(=O)O)CC4)n3)c2)cn1. The number of hydrogen-bond donors (Lipinski definition) is 6. The van der Waals surface area contributed by atoms with Gasteiger partial charge in [-0.3, -0.25) is 32.9 Å². The van der Waals surface area contributed by atoms with Gasteiger partial charge < -0.3 is 36.2 Å². The van der Waals surface area contributed by atoms with Gasteiger partial charge in [-0.15, -0.1) is 0 Å². The fourth-order valence-corrected chi connectivity index (χ4v) is 13.1. The van der Waals surface area contributed by atoms with Crippen LogP contribution in [0.25, 0.3) is 101 Å². The number of aryl methyl sites for hydroxylation is 6. The number of nitrogens with zero attached hydrogens (tertiary/aromatic N) is 19. The van der Waals surface area contributed by atoms with Crippen molar-refractivity contribution in [1.82, 2.24) is 93.9 Å². The van der Waals surface area contributed by atoms with Crippen molar-refractivity contribution < 1.29 is 24.5 Å². The summed E-state index contributed by atoms with van der Waals surface area (Å²) in [4.78, 5) is 42.0. The van der Waals surface area contributed by atoms with Crippen molar-refractivity contribution >= 4 is 23.4 Å². The van der Waals surface area contributed by atoms with Crippen LogP contribution in [0.2, 0.25) is 0 Å². The number of alkyl halides is 1. The number of anilines is 3. The van der Waals surface area contributed by atoms with E-state index in [9.17, 15) is 24.5 Å². The Hall–Kier alpha value is -11.2. The quantitative estimate of drug-likeness (QED) is 0.0524. The fraction of sp³-hybridized carbons (Fsp3) is 0.329. The van der Waals surface area contributed by atoms with Crippen molar-refractivity contribution in [2.24, 2.45) is 48.2 Å². The van der Waals surface area contributed by atoms with Gasteiger partial charge in [-0.1, -0.05) is 54.6 Å². The van der Waals surface area contributed by atoms with E-state index in [-0.39, 0.29) is 37.0 Å². The third-order valence-corrected chi connectivity index (χ3v) is 18.6. The van der Waals surface area contributed by atoms with E-state index in [0.717, 1.165) is 121 Å². The highest BCUT2D eigenvalue weighted by Gasteiger charge is 2.33. The molecule has 5 atom stereocenters. The molecule has 15 rings (SSSR count). The molecule has 27 heteroatoms. The van der Waals surface area contributed by atoms with E-state index in [1.165, 1.54) is 0 Å². The van der Waals surface area contributed by atoms with Crippen LogP contribution in [0, 0.1) is 5.92 Å². The standard InChI is InChI=1S/C25H30N8O.C25H27N7O2.C23H24FN7O/c1-26-21-8-5-9-22(23(21)34)30-25-20(19-12-29-33(3)15-19)13-27-24(31-25)17-7-4-6-16(10-17)18-11-28-32(2)14-18;1-31-14-19(11-27-31)17-4-3-5-18(10-17)23-26-13-22(20-12-28-32(2)15-20)24(30-23)29-21-8-6-16(7-9-21)25(33)34;1-29-12-17(9-26-29)15-4-3-5-16(8-15)22-25-11-19(18-10-27-30(2)13-18)23(28-22)31-7-6-20(24)21(32)14-31/h4,6-7,10-15,21-23,26,34H,5,8-9H2,1-3H3,(H,27,30,31);3-5,10-16,21H,6-9H2,1-2H3,(H,33,34)(H,26,29,30);3-5,8-13,20-21,32H,6-7,14H2,1-2H3/t21-,22-,23+;;20-,21-/m0.0/s1. The van der Waals surface area contributed by atoms with Crippen LogP contribution in [0.3, 0.4) is 0 Å². The Labute approximate surface area is 577 Å². The Morgan fingerprint density at radius 3 is 1.26 bits per heavy atom. The van der Waals surface area contributed by atoms with Gasteiger partial charge in [0.05, 0.1) is 55.2 Å². The predicted octanol–water partition coefficient (Wildman–Crippen LogP) is 9.71. The first kappa shape index (κ1) is 67.4. The smallest absolute Gasteiger partial charge is 0.306 e. The third kappa shape index (κ3) is 15.6. The maximum absolute atomic E-state index is 13.9. The molecule has 0 radical (unpaired) electrons. The number of carbonyl (C=O) groups is 1. The zero-order valence-electron chi connectivity index (χ0n) is 56.8. The number of β-amino-alcohol motifs (C(OH)–C–C–N with tert-alkyl or cyclic N) is 1. The molecule has 0 unspecified atom stereocenters. The number of carboxylic acids is 1. The molecule has 10 heterocycles. The second-order valence-corrected chi connectivity index (χ2v) is 25.9. The Balaban J connectivity index is 0.000000134. The van der Waals surface area contributed by atoms with Crippen molar-refractivity contribution in [1.29, 1.82) is 0 Å². The van der Waals surface area contributed by atoms with Crippen LogP contribution >= 0.6 is 0 Å². The van der Waals surface area contributed by atoms with Crippen LogP contribution in [-0.4, -0.2) is 167 Å². The molecule has 514 valence electrons. The Bertz CT molecular complexity index is 4790. The van der Waals surface area contributed by atoms with Crippen molar-refractivity contribution in [3.63, 3.8) is 0 Å². The number of aliphatic hydroxyl groups is 2. The number of rotatable bonds is 16. The molecular formula is C73H81FN22O4. The van der Waals surface area contributed by atoms with Gasteiger partial charge in [0.2, 0.25) is 0 Å². The maximum Gasteiger partial charge on any atom is 0.306 e. The number of aliphatic hydroxyl groups excluding tert-OH is 2. The highest BCUT2D eigenvalue weighted by molar-refractivity contribution is 5.80. The molecule has 1 saturated heterocycles. The van der Waals surface area contributed by atoms with Crippen LogP contribution < -0.4 is 20.9 Å². The monoisotopic (exact) mass is 1350 g/mol. The Kier molecular flexibility index (Phi) is 20.2. The molecule has 0 bridgehead atoms. The van der Waals surface area contributed by atoms with E-state index in [2.05, 4.69) is 74.7 Å². The predicted molar refractivity (Wildman–Crippen MR) is 380 cm³/mol. The average Bonchev–Trinajstić information content (AvgIpc) is 1.74. The number of aliphatic carboxylic acids is 1. The lowest BCUT2D eigenvalue weighted by Crippen LogP contribution is -2.50. The summed E-state index contributed by atoms with van der Waals surface area (Å²) in [5, 5.41) is 66.4. The molecule has 0 spiro atoms. The zero-order valence-corrected chi connectivity index (χ0v) is 56.8. The molecule has 2 saturated carbocycles. The van der Waals surface area contributed by atoms with E-state index < -0.39 is 24.3 Å². The first-order chi connectivity index (χ1) is 48.4. The van der Waals surface area contributed by atoms with Crippen molar-refractivity contribution in [3.05, 3.63) is 166 Å². The third-order valence-electron chi connectivity index (χ3n) is 18.6. The molecule has 0 amide bonds. The van der Waals surface area contributed by atoms with E-state index in [1.807, 2.05) is 177 Å². The lowest BCUT2D eigenvalue weighted by molar-refractivity contribution is -0.142. The summed E-state index contributed by atoms with van der Waals surface area (Å²) in [6.07, 6.45) is 31.3. The summed E-state index contributed by atoms with van der Waals surface area (Å²) in [6.45, 7) is 0.651. The molecular weight excluding hydrogens is 1270 g/mol. The van der Waals surface area contributed by atoms with Crippen LogP contribution in [0.4, 0.5) is 21.8 Å². The zero-order chi connectivity index (χ0) is 69.6. The summed E-state index contributed by atoms with van der Waals surface area (Å²) < 4.78 is 24.5.